The molecule has 0 aromatic heterocycles. The molecule has 3 nitrogen and oxygen atoms in total. The molecule has 0 fully saturated rings. The van der Waals surface area contributed by atoms with Gasteiger partial charge in [0.15, 0.2) is 11.5 Å². The molecule has 0 saturated heterocycles. The number of halogens is 1. The highest BCUT2D eigenvalue weighted by Crippen LogP contribution is 2.29. The van der Waals surface area contributed by atoms with Crippen LogP contribution in [-0.2, 0) is 6.42 Å². The Balaban J connectivity index is 2.15. The second-order valence-electron chi connectivity index (χ2n) is 4.46. The van der Waals surface area contributed by atoms with Gasteiger partial charge in [-0.15, -0.1) is 0 Å². The number of rotatable bonds is 5. The van der Waals surface area contributed by atoms with E-state index in [2.05, 4.69) is 15.9 Å². The third kappa shape index (κ3) is 3.52. The van der Waals surface area contributed by atoms with Gasteiger partial charge in [0.1, 0.15) is 0 Å². The predicted molar refractivity (Wildman–Crippen MR) is 82.4 cm³/mol. The summed E-state index contributed by atoms with van der Waals surface area (Å²) in [6.45, 7) is 0. The van der Waals surface area contributed by atoms with Crippen molar-refractivity contribution >= 4 is 15.9 Å². The van der Waals surface area contributed by atoms with Crippen molar-refractivity contribution < 1.29 is 14.6 Å². The van der Waals surface area contributed by atoms with Crippen molar-refractivity contribution in [2.45, 2.75) is 12.5 Å². The Labute approximate surface area is 127 Å². The first-order valence-corrected chi connectivity index (χ1v) is 7.07. The molecule has 20 heavy (non-hydrogen) atoms. The highest BCUT2D eigenvalue weighted by molar-refractivity contribution is 9.10. The van der Waals surface area contributed by atoms with Crippen molar-refractivity contribution in [3.63, 3.8) is 0 Å². The van der Waals surface area contributed by atoms with Crippen molar-refractivity contribution in [2.75, 3.05) is 14.2 Å². The van der Waals surface area contributed by atoms with Gasteiger partial charge in [0.2, 0.25) is 0 Å². The zero-order valence-electron chi connectivity index (χ0n) is 11.5. The van der Waals surface area contributed by atoms with Crippen LogP contribution in [-0.4, -0.2) is 19.3 Å². The zero-order valence-corrected chi connectivity index (χ0v) is 13.1. The molecule has 2 rings (SSSR count). The van der Waals surface area contributed by atoms with Crippen LogP contribution in [0.2, 0.25) is 0 Å². The lowest BCUT2D eigenvalue weighted by Gasteiger charge is -2.13. The summed E-state index contributed by atoms with van der Waals surface area (Å²) in [5.41, 5.74) is 1.89. The van der Waals surface area contributed by atoms with E-state index in [4.69, 9.17) is 9.47 Å². The Bertz CT molecular complexity index is 566. The fraction of sp³-hybridized carbons (Fsp3) is 0.250. The molecule has 0 amide bonds. The first-order chi connectivity index (χ1) is 9.63. The van der Waals surface area contributed by atoms with Crippen molar-refractivity contribution in [3.05, 3.63) is 58.1 Å². The number of hydrogen-bond donors (Lipinski definition) is 1. The SMILES string of the molecule is COc1ccc(CC(O)c2ccc(Br)cc2)cc1OC. The third-order valence-corrected chi connectivity index (χ3v) is 3.66. The van der Waals surface area contributed by atoms with Crippen molar-refractivity contribution in [3.8, 4) is 11.5 Å². The molecule has 0 saturated carbocycles. The molecular formula is C16H17BrO3. The molecule has 2 aromatic rings. The van der Waals surface area contributed by atoms with E-state index in [0.717, 1.165) is 15.6 Å². The van der Waals surface area contributed by atoms with Gasteiger partial charge in [0, 0.05) is 10.9 Å². The average Bonchev–Trinajstić information content (AvgIpc) is 2.47. The summed E-state index contributed by atoms with van der Waals surface area (Å²) in [7, 11) is 3.21. The van der Waals surface area contributed by atoms with Crippen LogP contribution in [0.25, 0.3) is 0 Å². The van der Waals surface area contributed by atoms with Crippen LogP contribution >= 0.6 is 15.9 Å². The largest absolute Gasteiger partial charge is 0.493 e. The highest BCUT2D eigenvalue weighted by atomic mass is 79.9. The fourth-order valence-electron chi connectivity index (χ4n) is 2.03. The van der Waals surface area contributed by atoms with E-state index < -0.39 is 6.10 Å². The van der Waals surface area contributed by atoms with Gasteiger partial charge in [0.25, 0.3) is 0 Å². The van der Waals surface area contributed by atoms with Crippen LogP contribution in [0, 0.1) is 0 Å². The summed E-state index contributed by atoms with van der Waals surface area (Å²) in [4.78, 5) is 0. The minimum atomic E-state index is -0.541. The van der Waals surface area contributed by atoms with E-state index in [1.807, 2.05) is 42.5 Å². The first kappa shape index (κ1) is 14.9. The van der Waals surface area contributed by atoms with Crippen molar-refractivity contribution in [1.29, 1.82) is 0 Å². The maximum absolute atomic E-state index is 10.3. The normalized spacial score (nSPS) is 12.0. The molecule has 106 valence electrons. The molecule has 4 heteroatoms. The highest BCUT2D eigenvalue weighted by Gasteiger charge is 2.11. The number of hydrogen-bond acceptors (Lipinski definition) is 3. The number of aliphatic hydroxyl groups excluding tert-OH is 1. The van der Waals surface area contributed by atoms with Gasteiger partial charge in [-0.1, -0.05) is 34.1 Å². The van der Waals surface area contributed by atoms with Crippen molar-refractivity contribution in [2.24, 2.45) is 0 Å². The van der Waals surface area contributed by atoms with Gasteiger partial charge >= 0.3 is 0 Å². The third-order valence-electron chi connectivity index (χ3n) is 3.13. The van der Waals surface area contributed by atoms with E-state index in [0.29, 0.717) is 17.9 Å². The Morgan fingerprint density at radius 1 is 1.00 bits per heavy atom. The molecule has 1 atom stereocenters. The smallest absolute Gasteiger partial charge is 0.160 e. The average molecular weight is 337 g/mol. The van der Waals surface area contributed by atoms with E-state index in [-0.39, 0.29) is 0 Å². The maximum atomic E-state index is 10.3. The second-order valence-corrected chi connectivity index (χ2v) is 5.38. The minimum absolute atomic E-state index is 0.530. The predicted octanol–water partition coefficient (Wildman–Crippen LogP) is 3.74. The Morgan fingerprint density at radius 3 is 2.25 bits per heavy atom. The lowest BCUT2D eigenvalue weighted by molar-refractivity contribution is 0.178. The maximum Gasteiger partial charge on any atom is 0.160 e. The quantitative estimate of drug-likeness (QED) is 0.903. The standard InChI is InChI=1S/C16H17BrO3/c1-19-15-8-3-11(10-16(15)20-2)9-14(18)12-4-6-13(17)7-5-12/h3-8,10,14,18H,9H2,1-2H3. The van der Waals surface area contributed by atoms with Crippen LogP contribution in [0.5, 0.6) is 11.5 Å². The van der Waals surface area contributed by atoms with E-state index >= 15 is 0 Å². The Kier molecular flexibility index (Phi) is 5.04. The van der Waals surface area contributed by atoms with Gasteiger partial charge in [-0.3, -0.25) is 0 Å². The topological polar surface area (TPSA) is 38.7 Å². The van der Waals surface area contributed by atoms with Crippen molar-refractivity contribution in [1.82, 2.24) is 0 Å². The van der Waals surface area contributed by atoms with Gasteiger partial charge < -0.3 is 14.6 Å². The zero-order chi connectivity index (χ0) is 14.5. The fourth-order valence-corrected chi connectivity index (χ4v) is 2.30. The molecule has 0 aliphatic carbocycles. The van der Waals surface area contributed by atoms with Crippen LogP contribution in [0.15, 0.2) is 46.9 Å². The van der Waals surface area contributed by atoms with Crippen LogP contribution < -0.4 is 9.47 Å². The van der Waals surface area contributed by atoms with Gasteiger partial charge in [-0.05, 0) is 35.4 Å². The molecule has 0 heterocycles. The molecule has 0 aliphatic heterocycles. The second kappa shape index (κ2) is 6.77. The number of benzene rings is 2. The van der Waals surface area contributed by atoms with E-state index in [1.165, 1.54) is 0 Å². The molecule has 0 radical (unpaired) electrons. The minimum Gasteiger partial charge on any atom is -0.493 e. The Hall–Kier alpha value is -1.52. The molecular weight excluding hydrogens is 320 g/mol. The lowest BCUT2D eigenvalue weighted by Crippen LogP contribution is -2.02. The summed E-state index contributed by atoms with van der Waals surface area (Å²) >= 11 is 3.38. The molecule has 1 N–H and O–H groups in total. The summed E-state index contributed by atoms with van der Waals surface area (Å²) < 4.78 is 11.5. The number of aliphatic hydroxyl groups is 1. The summed E-state index contributed by atoms with van der Waals surface area (Å²) in [5, 5.41) is 10.3. The molecule has 0 aliphatic rings. The van der Waals surface area contributed by atoms with E-state index in [1.54, 1.807) is 14.2 Å². The summed E-state index contributed by atoms with van der Waals surface area (Å²) in [6, 6.07) is 13.3. The monoisotopic (exact) mass is 336 g/mol. The summed E-state index contributed by atoms with van der Waals surface area (Å²) in [5.74, 6) is 1.36. The molecule has 0 spiro atoms. The van der Waals surface area contributed by atoms with Crippen LogP contribution in [0.4, 0.5) is 0 Å². The van der Waals surface area contributed by atoms with Crippen LogP contribution in [0.3, 0.4) is 0 Å². The Morgan fingerprint density at radius 2 is 1.65 bits per heavy atom. The molecule has 0 bridgehead atoms. The van der Waals surface area contributed by atoms with Crippen LogP contribution in [0.1, 0.15) is 17.2 Å². The van der Waals surface area contributed by atoms with Gasteiger partial charge in [-0.2, -0.15) is 0 Å². The molecule has 1 unspecified atom stereocenters. The molecule has 2 aromatic carbocycles. The lowest BCUT2D eigenvalue weighted by atomic mass is 10.0. The van der Waals surface area contributed by atoms with E-state index in [9.17, 15) is 5.11 Å². The first-order valence-electron chi connectivity index (χ1n) is 6.28. The number of ether oxygens (including phenoxy) is 2. The summed E-state index contributed by atoms with van der Waals surface area (Å²) in [6.07, 6.45) is -0.0108. The van der Waals surface area contributed by atoms with Gasteiger partial charge in [0.05, 0.1) is 20.3 Å². The van der Waals surface area contributed by atoms with Gasteiger partial charge in [-0.25, -0.2) is 0 Å². The number of methoxy groups -OCH3 is 2.